The van der Waals surface area contributed by atoms with Crippen LogP contribution in [0.2, 0.25) is 0 Å². The maximum Gasteiger partial charge on any atom is 0.298 e. The van der Waals surface area contributed by atoms with Gasteiger partial charge in [-0.1, -0.05) is 0 Å². The first-order valence-electron chi connectivity index (χ1n) is 8.39. The molecule has 1 saturated heterocycles. The minimum Gasteiger partial charge on any atom is -0.423 e. The number of oxazole rings is 1. The van der Waals surface area contributed by atoms with Crippen LogP contribution in [0.1, 0.15) is 25.7 Å². The van der Waals surface area contributed by atoms with Crippen molar-refractivity contribution >= 4 is 23.0 Å². The Hall–Kier alpha value is -2.15. The summed E-state index contributed by atoms with van der Waals surface area (Å²) in [6.07, 6.45) is 2.44. The van der Waals surface area contributed by atoms with E-state index in [-0.39, 0.29) is 23.7 Å². The van der Waals surface area contributed by atoms with Crippen molar-refractivity contribution in [3.63, 3.8) is 0 Å². The standard InChI is InChI=1S/C17H20FN3O3/c18-11-1-4-14-13(9-11)20-17(24-14)21-7-5-10(6-8-21)15(22)16(23)19-12-2-3-12/h1,4,9-10,12,15,22H,2-3,5-8H2,(H,19,23)/t15-/m1/s1. The monoisotopic (exact) mass is 333 g/mol. The summed E-state index contributed by atoms with van der Waals surface area (Å²) < 4.78 is 18.9. The number of hydrogen-bond donors (Lipinski definition) is 2. The summed E-state index contributed by atoms with van der Waals surface area (Å²) in [5, 5.41) is 13.1. The number of carbonyl (C=O) groups is 1. The van der Waals surface area contributed by atoms with Crippen LogP contribution < -0.4 is 10.2 Å². The number of benzene rings is 1. The average Bonchev–Trinajstić information content (AvgIpc) is 3.30. The van der Waals surface area contributed by atoms with Gasteiger partial charge in [-0.15, -0.1) is 0 Å². The number of amides is 1. The highest BCUT2D eigenvalue weighted by Crippen LogP contribution is 2.28. The number of fused-ring (bicyclic) bond motifs is 1. The second-order valence-electron chi connectivity index (χ2n) is 6.66. The highest BCUT2D eigenvalue weighted by molar-refractivity contribution is 5.81. The molecule has 1 saturated carbocycles. The van der Waals surface area contributed by atoms with Crippen LogP contribution in [0, 0.1) is 11.7 Å². The second kappa shape index (κ2) is 6.05. The summed E-state index contributed by atoms with van der Waals surface area (Å²) in [6, 6.07) is 4.98. The van der Waals surface area contributed by atoms with Gasteiger partial charge in [-0.05, 0) is 43.7 Å². The van der Waals surface area contributed by atoms with Crippen LogP contribution in [0.25, 0.3) is 11.1 Å². The number of nitrogens with one attached hydrogen (secondary N) is 1. The lowest BCUT2D eigenvalue weighted by atomic mass is 9.91. The van der Waals surface area contributed by atoms with Crippen LogP contribution in [-0.2, 0) is 4.79 Å². The molecule has 0 bridgehead atoms. The Kier molecular flexibility index (Phi) is 3.88. The molecule has 0 radical (unpaired) electrons. The smallest absolute Gasteiger partial charge is 0.298 e. The van der Waals surface area contributed by atoms with Crippen molar-refractivity contribution in [3.8, 4) is 0 Å². The number of halogens is 1. The van der Waals surface area contributed by atoms with Gasteiger partial charge >= 0.3 is 0 Å². The van der Waals surface area contributed by atoms with E-state index in [1.807, 2.05) is 4.90 Å². The number of aliphatic hydroxyl groups is 1. The van der Waals surface area contributed by atoms with Gasteiger partial charge in [0.05, 0.1) is 0 Å². The van der Waals surface area contributed by atoms with Crippen molar-refractivity contribution in [2.75, 3.05) is 18.0 Å². The molecule has 1 aromatic carbocycles. The lowest BCUT2D eigenvalue weighted by Gasteiger charge is -2.32. The van der Waals surface area contributed by atoms with Crippen molar-refractivity contribution in [1.29, 1.82) is 0 Å². The average molecular weight is 333 g/mol. The van der Waals surface area contributed by atoms with Crippen LogP contribution in [-0.4, -0.2) is 41.2 Å². The largest absolute Gasteiger partial charge is 0.423 e. The maximum absolute atomic E-state index is 13.2. The van der Waals surface area contributed by atoms with E-state index in [9.17, 15) is 14.3 Å². The minimum atomic E-state index is -0.953. The summed E-state index contributed by atoms with van der Waals surface area (Å²) in [5.41, 5.74) is 1.05. The molecule has 1 aromatic heterocycles. The van der Waals surface area contributed by atoms with Crippen LogP contribution >= 0.6 is 0 Å². The number of nitrogens with zero attached hydrogens (tertiary/aromatic N) is 2. The fourth-order valence-corrected chi connectivity index (χ4v) is 3.16. The van der Waals surface area contributed by atoms with Gasteiger partial charge in [-0.2, -0.15) is 4.98 Å². The number of anilines is 1. The molecular formula is C17H20FN3O3. The van der Waals surface area contributed by atoms with Crippen molar-refractivity contribution in [3.05, 3.63) is 24.0 Å². The van der Waals surface area contributed by atoms with E-state index in [4.69, 9.17) is 4.42 Å². The topological polar surface area (TPSA) is 78.6 Å². The summed E-state index contributed by atoms with van der Waals surface area (Å²) in [4.78, 5) is 18.3. The Morgan fingerprint density at radius 2 is 2.08 bits per heavy atom. The molecule has 1 aliphatic heterocycles. The highest BCUT2D eigenvalue weighted by atomic mass is 19.1. The van der Waals surface area contributed by atoms with E-state index in [0.717, 1.165) is 12.8 Å². The summed E-state index contributed by atoms with van der Waals surface area (Å²) >= 11 is 0. The predicted molar refractivity (Wildman–Crippen MR) is 86.1 cm³/mol. The Morgan fingerprint density at radius 3 is 2.79 bits per heavy atom. The van der Waals surface area contributed by atoms with Crippen molar-refractivity contribution in [1.82, 2.24) is 10.3 Å². The lowest BCUT2D eigenvalue weighted by molar-refractivity contribution is -0.132. The van der Waals surface area contributed by atoms with E-state index < -0.39 is 6.10 Å². The Labute approximate surface area is 138 Å². The van der Waals surface area contributed by atoms with Gasteiger partial charge in [-0.25, -0.2) is 4.39 Å². The van der Waals surface area contributed by atoms with Crippen LogP contribution in [0.4, 0.5) is 10.4 Å². The molecule has 1 atom stereocenters. The molecular weight excluding hydrogens is 313 g/mol. The van der Waals surface area contributed by atoms with E-state index >= 15 is 0 Å². The van der Waals surface area contributed by atoms with Gasteiger partial charge in [0.2, 0.25) is 5.91 Å². The van der Waals surface area contributed by atoms with E-state index in [1.165, 1.54) is 12.1 Å². The minimum absolute atomic E-state index is 0.0539. The number of carbonyl (C=O) groups excluding carboxylic acids is 1. The molecule has 1 aliphatic carbocycles. The third-order valence-electron chi connectivity index (χ3n) is 4.79. The van der Waals surface area contributed by atoms with Gasteiger partial charge in [0.25, 0.3) is 6.01 Å². The zero-order valence-corrected chi connectivity index (χ0v) is 13.2. The van der Waals surface area contributed by atoms with Crippen molar-refractivity contribution < 1.29 is 18.7 Å². The van der Waals surface area contributed by atoms with Gasteiger partial charge in [0.15, 0.2) is 5.58 Å². The quantitative estimate of drug-likeness (QED) is 0.892. The molecule has 4 rings (SSSR count). The third-order valence-corrected chi connectivity index (χ3v) is 4.79. The number of piperidine rings is 1. The molecule has 2 aromatic rings. The molecule has 2 heterocycles. The van der Waals surface area contributed by atoms with Gasteiger partial charge in [0.1, 0.15) is 17.4 Å². The molecule has 24 heavy (non-hydrogen) atoms. The molecule has 6 nitrogen and oxygen atoms in total. The van der Waals surface area contributed by atoms with Crippen molar-refractivity contribution in [2.45, 2.75) is 37.8 Å². The number of hydrogen-bond acceptors (Lipinski definition) is 5. The molecule has 128 valence electrons. The SMILES string of the molecule is O=C(NC1CC1)[C@H](O)C1CCN(c2nc3cc(F)ccc3o2)CC1. The lowest BCUT2D eigenvalue weighted by Crippen LogP contribution is -2.45. The van der Waals surface area contributed by atoms with Crippen molar-refractivity contribution in [2.24, 2.45) is 5.92 Å². The van der Waals surface area contributed by atoms with Crippen LogP contribution in [0.3, 0.4) is 0 Å². The molecule has 7 heteroatoms. The number of aliphatic hydroxyl groups excluding tert-OH is 1. The fraction of sp³-hybridized carbons (Fsp3) is 0.529. The normalized spacial score (nSPS) is 20.3. The number of aromatic nitrogens is 1. The van der Waals surface area contributed by atoms with E-state index in [0.29, 0.717) is 43.0 Å². The first-order chi connectivity index (χ1) is 11.6. The third kappa shape index (κ3) is 3.08. The maximum atomic E-state index is 13.2. The van der Waals surface area contributed by atoms with Gasteiger partial charge < -0.3 is 19.7 Å². The van der Waals surface area contributed by atoms with Crippen LogP contribution in [0.5, 0.6) is 0 Å². The molecule has 2 aliphatic rings. The molecule has 2 N–H and O–H groups in total. The Morgan fingerprint density at radius 1 is 1.33 bits per heavy atom. The van der Waals surface area contributed by atoms with Gasteiger partial charge in [-0.3, -0.25) is 4.79 Å². The molecule has 0 unspecified atom stereocenters. The van der Waals surface area contributed by atoms with Gasteiger partial charge in [0, 0.05) is 25.2 Å². The Balaban J connectivity index is 1.38. The molecule has 0 spiro atoms. The zero-order chi connectivity index (χ0) is 16.7. The number of rotatable bonds is 4. The first kappa shape index (κ1) is 15.4. The summed E-state index contributed by atoms with van der Waals surface area (Å²) in [7, 11) is 0. The highest BCUT2D eigenvalue weighted by Gasteiger charge is 2.33. The van der Waals surface area contributed by atoms with E-state index in [1.54, 1.807) is 6.07 Å². The summed E-state index contributed by atoms with van der Waals surface area (Å²) in [5.74, 6) is -0.652. The van der Waals surface area contributed by atoms with E-state index in [2.05, 4.69) is 10.3 Å². The van der Waals surface area contributed by atoms with Crippen LogP contribution in [0.15, 0.2) is 22.6 Å². The molecule has 2 fully saturated rings. The zero-order valence-electron chi connectivity index (χ0n) is 13.2. The molecule has 1 amide bonds. The fourth-order valence-electron chi connectivity index (χ4n) is 3.16. The second-order valence-corrected chi connectivity index (χ2v) is 6.66. The Bertz CT molecular complexity index is 751. The predicted octanol–water partition coefficient (Wildman–Crippen LogP) is 1.82. The first-order valence-corrected chi connectivity index (χ1v) is 8.39. The summed E-state index contributed by atoms with van der Waals surface area (Å²) in [6.45, 7) is 1.29.